The Bertz CT molecular complexity index is 1150. The maximum Gasteiger partial charge on any atom is 0.0371 e. The van der Waals surface area contributed by atoms with Crippen LogP contribution in [0.1, 0.15) is 81.8 Å². The average molecular weight is 549 g/mol. The largest absolute Gasteiger partial charge is 0.368 e. The molecule has 4 saturated carbocycles. The van der Waals surface area contributed by atoms with E-state index in [-0.39, 0.29) is 0 Å². The smallest absolute Gasteiger partial charge is 0.0371 e. The standard InChI is InChI=1S/C39H52N2/c1-28-12-9-16-32(24-28)40-22-11-23-41(33-17-10-13-29(2)25-33)39-27-31-15-4-6-19-35(31)37(39)21-8-7-20-36-34-18-5-3-14-30(34)26-38(36)40/h7-10,12-13,16-17,20-21,24-25,30-31,34-39H,3-6,11,14-15,18-19,22-23,26-27H2,1-2H3/b20-7+,21-8+/t30-,31?,34?,35+,36-,37-,38?,39+/m1/s1. The van der Waals surface area contributed by atoms with Crippen molar-refractivity contribution >= 4 is 11.4 Å². The predicted octanol–water partition coefficient (Wildman–Crippen LogP) is 9.52. The molecule has 5 aliphatic rings. The summed E-state index contributed by atoms with van der Waals surface area (Å²) in [6, 6.07) is 20.0. The van der Waals surface area contributed by atoms with E-state index < -0.39 is 0 Å². The molecule has 7 rings (SSSR count). The van der Waals surface area contributed by atoms with E-state index in [1.54, 1.807) is 0 Å². The summed E-state index contributed by atoms with van der Waals surface area (Å²) in [5.41, 5.74) is 5.66. The first-order valence-electron chi connectivity index (χ1n) is 17.2. The van der Waals surface area contributed by atoms with Crippen LogP contribution in [0, 0.1) is 49.4 Å². The van der Waals surface area contributed by atoms with Gasteiger partial charge in [-0.1, -0.05) is 87.1 Å². The molecule has 3 unspecified atom stereocenters. The molecule has 2 aromatic carbocycles. The summed E-state index contributed by atoms with van der Waals surface area (Å²) in [5.74, 6) is 4.86. The number of nitrogens with zero attached hydrogens (tertiary/aromatic N) is 2. The van der Waals surface area contributed by atoms with Crippen molar-refractivity contribution in [3.63, 3.8) is 0 Å². The molecule has 4 aliphatic carbocycles. The Labute approximate surface area is 249 Å². The van der Waals surface area contributed by atoms with Crippen LogP contribution in [0.2, 0.25) is 0 Å². The molecule has 4 fully saturated rings. The molecular formula is C39H52N2. The van der Waals surface area contributed by atoms with Crippen molar-refractivity contribution in [2.45, 2.75) is 96.6 Å². The lowest BCUT2D eigenvalue weighted by atomic mass is 9.77. The van der Waals surface area contributed by atoms with Gasteiger partial charge in [0, 0.05) is 48.4 Å². The number of hydrogen-bond acceptors (Lipinski definition) is 2. The van der Waals surface area contributed by atoms with Crippen molar-refractivity contribution in [3.8, 4) is 0 Å². The summed E-state index contributed by atoms with van der Waals surface area (Å²) in [6.45, 7) is 6.83. The molecule has 0 spiro atoms. The molecule has 0 aromatic heterocycles. The van der Waals surface area contributed by atoms with Gasteiger partial charge in [0.15, 0.2) is 0 Å². The van der Waals surface area contributed by atoms with E-state index in [2.05, 4.69) is 96.5 Å². The summed E-state index contributed by atoms with van der Waals surface area (Å²) in [5, 5.41) is 0. The van der Waals surface area contributed by atoms with Gasteiger partial charge in [-0.3, -0.25) is 0 Å². The molecule has 0 N–H and O–H groups in total. The third-order valence-electron chi connectivity index (χ3n) is 11.9. The van der Waals surface area contributed by atoms with Crippen molar-refractivity contribution in [1.82, 2.24) is 0 Å². The number of anilines is 2. The predicted molar refractivity (Wildman–Crippen MR) is 175 cm³/mol. The van der Waals surface area contributed by atoms with Gasteiger partial charge in [-0.2, -0.15) is 0 Å². The third-order valence-corrected chi connectivity index (χ3v) is 11.9. The van der Waals surface area contributed by atoms with E-state index in [1.807, 2.05) is 0 Å². The maximum atomic E-state index is 2.86. The van der Waals surface area contributed by atoms with Crippen molar-refractivity contribution in [1.29, 1.82) is 0 Å². The monoisotopic (exact) mass is 548 g/mol. The Morgan fingerprint density at radius 3 is 1.49 bits per heavy atom. The molecule has 2 nitrogen and oxygen atoms in total. The first-order chi connectivity index (χ1) is 20.2. The van der Waals surface area contributed by atoms with Crippen LogP contribution < -0.4 is 9.80 Å². The molecule has 2 heteroatoms. The lowest BCUT2D eigenvalue weighted by Gasteiger charge is -2.38. The van der Waals surface area contributed by atoms with Crippen LogP contribution in [0.15, 0.2) is 72.8 Å². The van der Waals surface area contributed by atoms with E-state index in [9.17, 15) is 0 Å². The van der Waals surface area contributed by atoms with Crippen LogP contribution in [-0.2, 0) is 0 Å². The molecule has 218 valence electrons. The van der Waals surface area contributed by atoms with Crippen LogP contribution in [0.4, 0.5) is 11.4 Å². The summed E-state index contributed by atoms with van der Waals surface area (Å²) in [6.07, 6.45) is 25.7. The zero-order valence-corrected chi connectivity index (χ0v) is 25.6. The van der Waals surface area contributed by atoms with E-state index in [0.29, 0.717) is 23.9 Å². The number of fused-ring (bicyclic) bond motifs is 6. The third kappa shape index (κ3) is 5.53. The number of allylic oxidation sites excluding steroid dienone is 2. The van der Waals surface area contributed by atoms with Gasteiger partial charge in [0.05, 0.1) is 0 Å². The topological polar surface area (TPSA) is 6.48 Å². The van der Waals surface area contributed by atoms with E-state index in [4.69, 9.17) is 0 Å². The Morgan fingerprint density at radius 2 is 1.02 bits per heavy atom. The van der Waals surface area contributed by atoms with E-state index in [1.165, 1.54) is 93.1 Å². The number of rotatable bonds is 2. The first-order valence-corrected chi connectivity index (χ1v) is 17.2. The highest BCUT2D eigenvalue weighted by Crippen LogP contribution is 2.51. The van der Waals surface area contributed by atoms with E-state index in [0.717, 1.165) is 36.8 Å². The van der Waals surface area contributed by atoms with Gasteiger partial charge in [-0.15, -0.1) is 0 Å². The molecular weight excluding hydrogens is 496 g/mol. The van der Waals surface area contributed by atoms with Crippen LogP contribution in [0.3, 0.4) is 0 Å². The zero-order valence-electron chi connectivity index (χ0n) is 25.6. The maximum absolute atomic E-state index is 2.86. The molecule has 0 radical (unpaired) electrons. The van der Waals surface area contributed by atoms with Crippen LogP contribution in [0.25, 0.3) is 0 Å². The van der Waals surface area contributed by atoms with Gasteiger partial charge in [-0.05, 0) is 105 Å². The normalized spacial score (nSPS) is 37.0. The Morgan fingerprint density at radius 1 is 0.561 bits per heavy atom. The zero-order chi connectivity index (χ0) is 27.8. The fourth-order valence-electron chi connectivity index (χ4n) is 10.2. The molecule has 0 amide bonds. The highest BCUT2D eigenvalue weighted by atomic mass is 15.2. The molecule has 1 heterocycles. The fraction of sp³-hybridized carbons (Fsp3) is 0.590. The summed E-state index contributed by atoms with van der Waals surface area (Å²) in [4.78, 5) is 5.73. The molecule has 8 atom stereocenters. The summed E-state index contributed by atoms with van der Waals surface area (Å²) >= 11 is 0. The van der Waals surface area contributed by atoms with E-state index >= 15 is 0 Å². The summed E-state index contributed by atoms with van der Waals surface area (Å²) < 4.78 is 0. The van der Waals surface area contributed by atoms with Gasteiger partial charge >= 0.3 is 0 Å². The lowest BCUT2D eigenvalue weighted by molar-refractivity contribution is 0.248. The van der Waals surface area contributed by atoms with Gasteiger partial charge < -0.3 is 9.80 Å². The Balaban J connectivity index is 1.27. The van der Waals surface area contributed by atoms with Crippen molar-refractivity contribution in [3.05, 3.63) is 84.0 Å². The minimum atomic E-state index is 0.616. The van der Waals surface area contributed by atoms with Crippen LogP contribution in [0.5, 0.6) is 0 Å². The highest BCUT2D eigenvalue weighted by Gasteiger charge is 2.47. The quantitative estimate of drug-likeness (QED) is 0.369. The number of aryl methyl sites for hydroxylation is 2. The molecule has 2 aromatic rings. The number of hydrogen-bond donors (Lipinski definition) is 0. The van der Waals surface area contributed by atoms with Gasteiger partial charge in [-0.25, -0.2) is 0 Å². The fourth-order valence-corrected chi connectivity index (χ4v) is 10.2. The minimum Gasteiger partial charge on any atom is -0.368 e. The van der Waals surface area contributed by atoms with Crippen LogP contribution in [-0.4, -0.2) is 25.2 Å². The second-order valence-electron chi connectivity index (χ2n) is 14.4. The van der Waals surface area contributed by atoms with Crippen LogP contribution >= 0.6 is 0 Å². The van der Waals surface area contributed by atoms with Gasteiger partial charge in [0.2, 0.25) is 0 Å². The Hall–Kier alpha value is -2.48. The Kier molecular flexibility index (Phi) is 8.02. The second-order valence-corrected chi connectivity index (χ2v) is 14.4. The molecule has 0 saturated heterocycles. The molecule has 1 aliphatic heterocycles. The minimum absolute atomic E-state index is 0.616. The first kappa shape index (κ1) is 27.4. The average Bonchev–Trinajstić information content (AvgIpc) is 3.53. The van der Waals surface area contributed by atoms with Crippen molar-refractivity contribution in [2.75, 3.05) is 22.9 Å². The summed E-state index contributed by atoms with van der Waals surface area (Å²) in [7, 11) is 0. The lowest BCUT2D eigenvalue weighted by Crippen LogP contribution is -2.43. The molecule has 41 heavy (non-hydrogen) atoms. The highest BCUT2D eigenvalue weighted by molar-refractivity contribution is 5.52. The van der Waals surface area contributed by atoms with Gasteiger partial charge in [0.25, 0.3) is 0 Å². The molecule has 0 bridgehead atoms. The SMILES string of the molecule is Cc1cccc(N2CCCN(c3cccc(C)c3)[C@H]3CC4CCCC[C@@H]4[C@H]3/C=C/C=C/[C@@H]3C4CCCC[C@@H]4CC32)c1. The second kappa shape index (κ2) is 12.0. The van der Waals surface area contributed by atoms with Gasteiger partial charge in [0.1, 0.15) is 0 Å². The number of benzene rings is 2. The van der Waals surface area contributed by atoms with Crippen molar-refractivity contribution < 1.29 is 0 Å². The van der Waals surface area contributed by atoms with Crippen molar-refractivity contribution in [2.24, 2.45) is 35.5 Å².